The average Bonchev–Trinajstić information content (AvgIpc) is 2.58. The molecule has 0 radical (unpaired) electrons. The van der Waals surface area contributed by atoms with Gasteiger partial charge in [0.15, 0.2) is 0 Å². The topological polar surface area (TPSA) is 64.0 Å². The second kappa shape index (κ2) is 6.66. The molecule has 122 valence electrons. The Hall–Kier alpha value is -2.95. The number of amides is 1. The molecule has 1 heterocycles. The van der Waals surface area contributed by atoms with Crippen molar-refractivity contribution in [2.75, 3.05) is 0 Å². The van der Waals surface area contributed by atoms with Crippen molar-refractivity contribution >= 4 is 16.8 Å². The van der Waals surface area contributed by atoms with Gasteiger partial charge in [0.05, 0.1) is 17.8 Å². The van der Waals surface area contributed by atoms with E-state index in [1.54, 1.807) is 22.9 Å². The summed E-state index contributed by atoms with van der Waals surface area (Å²) >= 11 is 0. The van der Waals surface area contributed by atoms with Crippen molar-refractivity contribution in [2.45, 2.75) is 26.4 Å². The van der Waals surface area contributed by atoms with Gasteiger partial charge >= 0.3 is 0 Å². The third kappa shape index (κ3) is 3.35. The Morgan fingerprint density at radius 3 is 2.62 bits per heavy atom. The van der Waals surface area contributed by atoms with Crippen molar-refractivity contribution in [2.24, 2.45) is 0 Å². The van der Waals surface area contributed by atoms with Gasteiger partial charge in [-0.3, -0.25) is 14.3 Å². The van der Waals surface area contributed by atoms with E-state index in [1.165, 1.54) is 11.8 Å². The minimum atomic E-state index is -0.149. The number of carbonyl (C=O) groups is 1. The fourth-order valence-electron chi connectivity index (χ4n) is 2.65. The quantitative estimate of drug-likeness (QED) is 0.803. The highest BCUT2D eigenvalue weighted by atomic mass is 16.2. The van der Waals surface area contributed by atoms with Crippen molar-refractivity contribution < 1.29 is 4.79 Å². The van der Waals surface area contributed by atoms with Gasteiger partial charge in [-0.15, -0.1) is 0 Å². The first kappa shape index (κ1) is 15.9. The molecule has 3 aromatic rings. The molecule has 0 aliphatic rings. The second-order valence-electron chi connectivity index (χ2n) is 5.88. The van der Waals surface area contributed by atoms with Crippen molar-refractivity contribution in [1.82, 2.24) is 15.1 Å². The van der Waals surface area contributed by atoms with Gasteiger partial charge in [-0.1, -0.05) is 42.0 Å². The van der Waals surface area contributed by atoms with Crippen LogP contribution in [0.2, 0.25) is 0 Å². The number of nitrogens with zero attached hydrogens (tertiary/aromatic N) is 2. The number of benzene rings is 2. The molecule has 0 bridgehead atoms. The summed E-state index contributed by atoms with van der Waals surface area (Å²) in [7, 11) is 0. The lowest BCUT2D eigenvalue weighted by molar-refractivity contribution is -0.122. The molecule has 0 fully saturated rings. The van der Waals surface area contributed by atoms with E-state index in [2.05, 4.69) is 10.4 Å². The summed E-state index contributed by atoms with van der Waals surface area (Å²) in [6, 6.07) is 15.1. The van der Waals surface area contributed by atoms with Crippen LogP contribution in [0.25, 0.3) is 10.9 Å². The monoisotopic (exact) mass is 321 g/mol. The summed E-state index contributed by atoms with van der Waals surface area (Å²) < 4.78 is 1.55. The summed E-state index contributed by atoms with van der Waals surface area (Å²) in [6.07, 6.45) is 1.25. The van der Waals surface area contributed by atoms with E-state index in [-0.39, 0.29) is 23.9 Å². The Bertz CT molecular complexity index is 929. The molecule has 24 heavy (non-hydrogen) atoms. The van der Waals surface area contributed by atoms with Crippen LogP contribution < -0.4 is 10.7 Å². The fraction of sp³-hybridized carbons (Fsp3) is 0.211. The van der Waals surface area contributed by atoms with Crippen LogP contribution in [-0.4, -0.2) is 15.7 Å². The van der Waals surface area contributed by atoms with Crippen LogP contribution in [0.1, 0.15) is 24.1 Å². The van der Waals surface area contributed by atoms with Gasteiger partial charge in [0.2, 0.25) is 11.3 Å². The molecule has 3 rings (SSSR count). The molecular formula is C19H19N3O2. The van der Waals surface area contributed by atoms with Crippen LogP contribution in [0.3, 0.4) is 0 Å². The number of hydrogen-bond donors (Lipinski definition) is 1. The lowest BCUT2D eigenvalue weighted by Crippen LogP contribution is -2.31. The maximum atomic E-state index is 12.3. The third-order valence-corrected chi connectivity index (χ3v) is 4.01. The summed E-state index contributed by atoms with van der Waals surface area (Å²) in [4.78, 5) is 24.2. The van der Waals surface area contributed by atoms with E-state index in [0.717, 1.165) is 5.56 Å². The van der Waals surface area contributed by atoms with Gasteiger partial charge in [-0.2, -0.15) is 5.10 Å². The van der Waals surface area contributed by atoms with Gasteiger partial charge in [0.25, 0.3) is 0 Å². The number of nitrogens with one attached hydrogen (secondary N) is 1. The van der Waals surface area contributed by atoms with Crippen LogP contribution in [0, 0.1) is 6.92 Å². The molecule has 0 saturated heterocycles. The van der Waals surface area contributed by atoms with E-state index >= 15 is 0 Å². The molecule has 5 nitrogen and oxygen atoms in total. The van der Waals surface area contributed by atoms with E-state index < -0.39 is 0 Å². The molecule has 1 atom stereocenters. The van der Waals surface area contributed by atoms with Gasteiger partial charge in [-0.25, -0.2) is 0 Å². The number of aromatic nitrogens is 2. The molecular weight excluding hydrogens is 302 g/mol. The lowest BCUT2D eigenvalue weighted by Gasteiger charge is -2.15. The standard InChI is InChI=1S/C19H19N3O2/c1-13-7-9-15(10-8-13)14(2)21-19(24)12-22-17-6-4-3-5-16(17)18(23)11-20-22/h3-11,14H,12H2,1-2H3,(H,21,24). The van der Waals surface area contributed by atoms with E-state index in [4.69, 9.17) is 0 Å². The smallest absolute Gasteiger partial charge is 0.242 e. The van der Waals surface area contributed by atoms with E-state index in [1.807, 2.05) is 44.2 Å². The van der Waals surface area contributed by atoms with Crippen molar-refractivity contribution in [1.29, 1.82) is 0 Å². The predicted octanol–water partition coefficient (Wildman–Crippen LogP) is 2.58. The van der Waals surface area contributed by atoms with Crippen molar-refractivity contribution in [3.63, 3.8) is 0 Å². The molecule has 1 amide bonds. The number of carbonyl (C=O) groups excluding carboxylic acids is 1. The van der Waals surface area contributed by atoms with Crippen LogP contribution in [0.4, 0.5) is 0 Å². The Kier molecular flexibility index (Phi) is 4.42. The van der Waals surface area contributed by atoms with Crippen molar-refractivity contribution in [3.05, 3.63) is 76.1 Å². The molecule has 1 unspecified atom stereocenters. The fourth-order valence-corrected chi connectivity index (χ4v) is 2.65. The zero-order valence-electron chi connectivity index (χ0n) is 13.7. The highest BCUT2D eigenvalue weighted by Crippen LogP contribution is 2.13. The van der Waals surface area contributed by atoms with E-state index in [9.17, 15) is 9.59 Å². The van der Waals surface area contributed by atoms with Crippen LogP contribution in [0.5, 0.6) is 0 Å². The molecule has 2 aromatic carbocycles. The Morgan fingerprint density at radius 2 is 1.88 bits per heavy atom. The highest BCUT2D eigenvalue weighted by molar-refractivity contribution is 5.81. The van der Waals surface area contributed by atoms with Gasteiger partial charge in [0, 0.05) is 5.39 Å². The number of para-hydroxylation sites is 1. The van der Waals surface area contributed by atoms with E-state index in [0.29, 0.717) is 10.9 Å². The Balaban J connectivity index is 1.77. The molecule has 5 heteroatoms. The summed E-state index contributed by atoms with van der Waals surface area (Å²) in [5.41, 5.74) is 2.74. The van der Waals surface area contributed by atoms with Crippen molar-refractivity contribution in [3.8, 4) is 0 Å². The first-order valence-electron chi connectivity index (χ1n) is 7.85. The molecule has 1 N–H and O–H groups in total. The molecule has 0 spiro atoms. The number of fused-ring (bicyclic) bond motifs is 1. The zero-order valence-corrected chi connectivity index (χ0v) is 13.7. The highest BCUT2D eigenvalue weighted by Gasteiger charge is 2.12. The Morgan fingerprint density at radius 1 is 1.17 bits per heavy atom. The predicted molar refractivity (Wildman–Crippen MR) is 93.7 cm³/mol. The first-order valence-corrected chi connectivity index (χ1v) is 7.85. The van der Waals surface area contributed by atoms with Crippen LogP contribution in [0.15, 0.2) is 59.5 Å². The molecule has 0 aliphatic carbocycles. The summed E-state index contributed by atoms with van der Waals surface area (Å²) in [5.74, 6) is -0.149. The maximum Gasteiger partial charge on any atom is 0.242 e. The summed E-state index contributed by atoms with van der Waals surface area (Å²) in [5, 5.41) is 7.61. The Labute approximate surface area is 139 Å². The second-order valence-corrected chi connectivity index (χ2v) is 5.88. The maximum absolute atomic E-state index is 12.3. The van der Waals surface area contributed by atoms with Gasteiger partial charge in [0.1, 0.15) is 6.54 Å². The van der Waals surface area contributed by atoms with Crippen LogP contribution >= 0.6 is 0 Å². The minimum absolute atomic E-state index is 0.0665. The lowest BCUT2D eigenvalue weighted by atomic mass is 10.1. The molecule has 0 aliphatic heterocycles. The number of rotatable bonds is 4. The summed E-state index contributed by atoms with van der Waals surface area (Å²) in [6.45, 7) is 4.04. The third-order valence-electron chi connectivity index (χ3n) is 4.01. The largest absolute Gasteiger partial charge is 0.348 e. The van der Waals surface area contributed by atoms with Gasteiger partial charge in [-0.05, 0) is 31.5 Å². The van der Waals surface area contributed by atoms with Crippen LogP contribution in [-0.2, 0) is 11.3 Å². The van der Waals surface area contributed by atoms with Gasteiger partial charge < -0.3 is 5.32 Å². The number of hydrogen-bond acceptors (Lipinski definition) is 3. The SMILES string of the molecule is Cc1ccc(C(C)NC(=O)Cn2ncc(=O)c3ccccc32)cc1. The minimum Gasteiger partial charge on any atom is -0.348 e. The molecule has 1 aromatic heterocycles. The first-order chi connectivity index (χ1) is 11.5. The zero-order chi connectivity index (χ0) is 17.1. The normalized spacial score (nSPS) is 12.1. The average molecular weight is 321 g/mol. The number of aryl methyl sites for hydroxylation is 1. The molecule has 0 saturated carbocycles.